The fourth-order valence-electron chi connectivity index (χ4n) is 4.87. The molecule has 1 atom stereocenters. The lowest BCUT2D eigenvalue weighted by molar-refractivity contribution is -0.131. The maximum absolute atomic E-state index is 14.7. The second-order valence-corrected chi connectivity index (χ2v) is 11.5. The van der Waals surface area contributed by atoms with Crippen LogP contribution in [0, 0.1) is 0 Å². The number of rotatable bonds is 10. The number of amides is 2. The second-order valence-electron chi connectivity index (χ2n) is 11.1. The molecule has 43 heavy (non-hydrogen) atoms. The molecule has 1 aliphatic rings. The third-order valence-electron chi connectivity index (χ3n) is 7.58. The number of aryl methyl sites for hydroxylation is 1. The Balaban J connectivity index is 1.43. The van der Waals surface area contributed by atoms with Crippen LogP contribution in [-0.2, 0) is 23.1 Å². The molecule has 9 nitrogen and oxygen atoms in total. The van der Waals surface area contributed by atoms with Crippen molar-refractivity contribution in [2.24, 2.45) is 7.05 Å². The molecule has 11 heteroatoms. The average Bonchev–Trinajstić information content (AvgIpc) is 3.60. The summed E-state index contributed by atoms with van der Waals surface area (Å²) in [6.45, 7) is 3.84. The van der Waals surface area contributed by atoms with Gasteiger partial charge in [-0.3, -0.25) is 14.4 Å². The number of pyridine rings is 1. The summed E-state index contributed by atoms with van der Waals surface area (Å²) in [6, 6.07) is 12.6. The Bertz CT molecular complexity index is 1740. The zero-order valence-corrected chi connectivity index (χ0v) is 25.1. The van der Waals surface area contributed by atoms with E-state index in [9.17, 15) is 18.8 Å². The number of carbonyl (C=O) groups is 2. The molecule has 0 spiro atoms. The van der Waals surface area contributed by atoms with E-state index in [1.165, 1.54) is 13.2 Å². The van der Waals surface area contributed by atoms with Crippen LogP contribution < -0.4 is 20.9 Å². The van der Waals surface area contributed by atoms with E-state index in [0.29, 0.717) is 22.0 Å². The molecule has 0 radical (unpaired) electrons. The molecule has 2 N–H and O–H groups in total. The van der Waals surface area contributed by atoms with Crippen LogP contribution in [0.15, 0.2) is 72.0 Å². The number of benzene rings is 2. The Kier molecular flexibility index (Phi) is 8.41. The Morgan fingerprint density at radius 3 is 2.51 bits per heavy atom. The van der Waals surface area contributed by atoms with Crippen molar-refractivity contribution in [3.05, 3.63) is 88.2 Å². The van der Waals surface area contributed by atoms with E-state index in [2.05, 4.69) is 15.6 Å². The van der Waals surface area contributed by atoms with Crippen molar-refractivity contribution in [3.63, 3.8) is 0 Å². The first-order chi connectivity index (χ1) is 20.5. The first-order valence-electron chi connectivity index (χ1n) is 14.0. The Labute approximate surface area is 253 Å². The number of aromatic nitrogens is 3. The maximum atomic E-state index is 14.7. The van der Waals surface area contributed by atoms with E-state index in [0.717, 1.165) is 22.4 Å². The van der Waals surface area contributed by atoms with Gasteiger partial charge in [0.15, 0.2) is 5.67 Å². The molecule has 0 saturated heterocycles. The summed E-state index contributed by atoms with van der Waals surface area (Å²) in [7, 11) is 3.39. The molecule has 224 valence electrons. The smallest absolute Gasteiger partial charge is 0.258 e. The molecule has 5 rings (SSSR count). The fraction of sp³-hybridized carbons (Fsp3) is 0.312. The van der Waals surface area contributed by atoms with Crippen molar-refractivity contribution >= 4 is 29.1 Å². The molecule has 0 aliphatic heterocycles. The van der Waals surface area contributed by atoms with Gasteiger partial charge in [0, 0.05) is 54.1 Å². The molecule has 2 heterocycles. The number of nitrogens with zero attached hydrogens (tertiary/aromatic N) is 3. The zero-order chi connectivity index (χ0) is 30.9. The van der Waals surface area contributed by atoms with Crippen molar-refractivity contribution in [1.29, 1.82) is 0 Å². The zero-order valence-electron chi connectivity index (χ0n) is 24.4. The largest absolute Gasteiger partial charge is 0.496 e. The lowest BCUT2D eigenvalue weighted by atomic mass is 9.99. The van der Waals surface area contributed by atoms with Crippen LogP contribution in [-0.4, -0.2) is 44.8 Å². The standard InChI is InChI=1S/C32H33ClFN5O4/c1-19(2)39-17-21(6-10-29(39)40)20-5-9-25(33)22(13-20)14-26(37-31(42)32(34)11-12-32)30(41)36-23-7-8-24(28(15-23)43-4)27-16-35-18-38(27)3/h5-10,13,15-19,26H,11-12,14H2,1-4H3,(H,36,41)(H,37,42). The highest BCUT2D eigenvalue weighted by atomic mass is 35.5. The van der Waals surface area contributed by atoms with Crippen molar-refractivity contribution in [3.8, 4) is 28.1 Å². The number of anilines is 1. The lowest BCUT2D eigenvalue weighted by Gasteiger charge is -2.21. The first kappa shape index (κ1) is 30.0. The van der Waals surface area contributed by atoms with Crippen molar-refractivity contribution in [2.45, 2.75) is 50.9 Å². The molecule has 4 aromatic rings. The number of ether oxygens (including phenoxy) is 1. The first-order valence-corrected chi connectivity index (χ1v) is 14.3. The molecule has 1 aliphatic carbocycles. The quantitative estimate of drug-likeness (QED) is 0.254. The van der Waals surface area contributed by atoms with Crippen LogP contribution in [0.4, 0.5) is 10.1 Å². The minimum absolute atomic E-state index is 0.00832. The maximum Gasteiger partial charge on any atom is 0.258 e. The number of methoxy groups -OCH3 is 1. The number of hydrogen-bond donors (Lipinski definition) is 2. The van der Waals surface area contributed by atoms with Gasteiger partial charge in [-0.2, -0.15) is 0 Å². The molecule has 1 fully saturated rings. The summed E-state index contributed by atoms with van der Waals surface area (Å²) in [5.41, 5.74) is 2.11. The van der Waals surface area contributed by atoms with Gasteiger partial charge in [-0.05, 0) is 73.7 Å². The van der Waals surface area contributed by atoms with Crippen LogP contribution in [0.5, 0.6) is 5.75 Å². The van der Waals surface area contributed by atoms with Crippen LogP contribution in [0.25, 0.3) is 22.4 Å². The summed E-state index contributed by atoms with van der Waals surface area (Å²) >= 11 is 6.56. The van der Waals surface area contributed by atoms with Crippen molar-refractivity contribution < 1.29 is 18.7 Å². The van der Waals surface area contributed by atoms with Gasteiger partial charge in [0.25, 0.3) is 11.5 Å². The SMILES string of the molecule is COc1cc(NC(=O)C(Cc2cc(-c3ccc(=O)n(C(C)C)c3)ccc2Cl)NC(=O)C2(F)CC2)ccc1-c1cncn1C. The van der Waals surface area contributed by atoms with Crippen LogP contribution in [0.1, 0.15) is 38.3 Å². The van der Waals surface area contributed by atoms with Crippen LogP contribution in [0.3, 0.4) is 0 Å². The van der Waals surface area contributed by atoms with Crippen molar-refractivity contribution in [1.82, 2.24) is 19.4 Å². The Morgan fingerprint density at radius 1 is 1.12 bits per heavy atom. The molecule has 1 saturated carbocycles. The molecular formula is C32H33ClFN5O4. The van der Waals surface area contributed by atoms with Gasteiger partial charge in [-0.25, -0.2) is 9.37 Å². The normalized spacial score (nSPS) is 14.3. The summed E-state index contributed by atoms with van der Waals surface area (Å²) in [6.07, 6.45) is 5.39. The highest BCUT2D eigenvalue weighted by molar-refractivity contribution is 6.31. The number of alkyl halides is 1. The van der Waals surface area contributed by atoms with Gasteiger partial charge in [0.2, 0.25) is 5.91 Å². The summed E-state index contributed by atoms with van der Waals surface area (Å²) < 4.78 is 23.7. The van der Waals surface area contributed by atoms with E-state index in [4.69, 9.17) is 16.3 Å². The Morgan fingerprint density at radius 2 is 1.86 bits per heavy atom. The number of imidazole rings is 1. The van der Waals surface area contributed by atoms with E-state index in [-0.39, 0.29) is 30.9 Å². The highest BCUT2D eigenvalue weighted by Crippen LogP contribution is 2.40. The summed E-state index contributed by atoms with van der Waals surface area (Å²) in [5, 5.41) is 5.82. The lowest BCUT2D eigenvalue weighted by Crippen LogP contribution is -2.48. The van der Waals surface area contributed by atoms with Gasteiger partial charge in [0.1, 0.15) is 11.8 Å². The number of hydrogen-bond acceptors (Lipinski definition) is 5. The summed E-state index contributed by atoms with van der Waals surface area (Å²) in [4.78, 5) is 42.8. The predicted octanol–water partition coefficient (Wildman–Crippen LogP) is 5.33. The van der Waals surface area contributed by atoms with E-state index in [1.54, 1.807) is 53.6 Å². The molecule has 2 aromatic carbocycles. The average molecular weight is 606 g/mol. The van der Waals surface area contributed by atoms with Gasteiger partial charge >= 0.3 is 0 Å². The molecular weight excluding hydrogens is 573 g/mol. The molecule has 2 amide bonds. The third kappa shape index (κ3) is 6.49. The minimum atomic E-state index is -1.97. The van der Waals surface area contributed by atoms with Gasteiger partial charge in [0.05, 0.1) is 25.3 Å². The summed E-state index contributed by atoms with van der Waals surface area (Å²) in [5.74, 6) is -0.850. The van der Waals surface area contributed by atoms with Gasteiger partial charge < -0.3 is 24.5 Å². The van der Waals surface area contributed by atoms with E-state index in [1.807, 2.05) is 37.6 Å². The third-order valence-corrected chi connectivity index (χ3v) is 7.95. The topological polar surface area (TPSA) is 107 Å². The monoisotopic (exact) mass is 605 g/mol. The number of halogens is 2. The van der Waals surface area contributed by atoms with Crippen molar-refractivity contribution in [2.75, 3.05) is 12.4 Å². The minimum Gasteiger partial charge on any atom is -0.496 e. The van der Waals surface area contributed by atoms with E-state index < -0.39 is 23.5 Å². The van der Waals surface area contributed by atoms with E-state index >= 15 is 0 Å². The molecule has 0 bridgehead atoms. The van der Waals surface area contributed by atoms with Gasteiger partial charge in [-0.15, -0.1) is 0 Å². The molecule has 1 unspecified atom stereocenters. The van der Waals surface area contributed by atoms with Crippen LogP contribution >= 0.6 is 11.6 Å². The number of carbonyl (C=O) groups excluding carboxylic acids is 2. The molecule has 2 aromatic heterocycles. The van der Waals surface area contributed by atoms with Crippen LogP contribution in [0.2, 0.25) is 5.02 Å². The Hall–Kier alpha value is -4.44. The predicted molar refractivity (Wildman–Crippen MR) is 164 cm³/mol. The number of nitrogens with one attached hydrogen (secondary N) is 2. The fourth-order valence-corrected chi connectivity index (χ4v) is 5.06. The second kappa shape index (κ2) is 12.0. The van der Waals surface area contributed by atoms with Gasteiger partial charge in [-0.1, -0.05) is 17.7 Å². The highest BCUT2D eigenvalue weighted by Gasteiger charge is 2.51.